The van der Waals surface area contributed by atoms with E-state index in [2.05, 4.69) is 9.97 Å². The lowest BCUT2D eigenvalue weighted by molar-refractivity contribution is 0.108. The molecule has 3 aromatic rings. The number of carbonyl (C=O) groups excluding carboxylic acids is 1. The third kappa shape index (κ3) is 1.55. The van der Waals surface area contributed by atoms with Crippen molar-refractivity contribution < 1.29 is 4.79 Å². The molecule has 0 unspecified atom stereocenters. The lowest BCUT2D eigenvalue weighted by Crippen LogP contribution is -1.91. The highest BCUT2D eigenvalue weighted by molar-refractivity contribution is 7.25. The maximum Gasteiger partial charge on any atom is 0.252 e. The molecule has 0 aliphatic heterocycles. The Morgan fingerprint density at radius 1 is 1.35 bits per heavy atom. The molecule has 0 fully saturated rings. The minimum absolute atomic E-state index is 0.417. The van der Waals surface area contributed by atoms with Gasteiger partial charge in [0, 0.05) is 15.6 Å². The predicted octanol–water partition coefficient (Wildman–Crippen LogP) is 2.81. The number of rotatable bonds is 1. The molecular weight excluding hydrogens is 258 g/mol. The minimum atomic E-state index is -0.485. The zero-order chi connectivity index (χ0) is 12.0. The maximum absolute atomic E-state index is 11.1. The molecule has 17 heavy (non-hydrogen) atoms. The van der Waals surface area contributed by atoms with Crippen LogP contribution in [0.5, 0.6) is 0 Å². The third-order valence-corrected chi connectivity index (χ3v) is 3.82. The Hall–Kier alpha value is -1.72. The second kappa shape index (κ2) is 3.65. The van der Waals surface area contributed by atoms with E-state index in [1.54, 1.807) is 12.1 Å². The highest BCUT2D eigenvalue weighted by Gasteiger charge is 2.11. The molecule has 6 heteroatoms. The van der Waals surface area contributed by atoms with Gasteiger partial charge in [-0.05, 0) is 29.8 Å². The fourth-order valence-electron chi connectivity index (χ4n) is 1.75. The average Bonchev–Trinajstić information content (AvgIpc) is 2.67. The van der Waals surface area contributed by atoms with Crippen LogP contribution < -0.4 is 5.73 Å². The molecule has 0 spiro atoms. The van der Waals surface area contributed by atoms with E-state index in [9.17, 15) is 4.79 Å². The van der Waals surface area contributed by atoms with E-state index in [1.165, 1.54) is 17.7 Å². The van der Waals surface area contributed by atoms with Gasteiger partial charge in [-0.1, -0.05) is 0 Å². The van der Waals surface area contributed by atoms with Crippen molar-refractivity contribution in [2.24, 2.45) is 0 Å². The summed E-state index contributed by atoms with van der Waals surface area (Å²) in [6.45, 7) is 0. The highest BCUT2D eigenvalue weighted by Crippen LogP contribution is 2.35. The monoisotopic (exact) mass is 263 g/mol. The summed E-state index contributed by atoms with van der Waals surface area (Å²) in [6.07, 6.45) is 1.43. The second-order valence-corrected chi connectivity index (χ2v) is 4.90. The summed E-state index contributed by atoms with van der Waals surface area (Å²) in [6, 6.07) is 5.26. The largest absolute Gasteiger partial charge is 0.383 e. The molecule has 0 amide bonds. The van der Waals surface area contributed by atoms with Crippen LogP contribution >= 0.6 is 22.9 Å². The number of nitrogens with zero attached hydrogens (tertiary/aromatic N) is 2. The normalized spacial score (nSPS) is 11.1. The van der Waals surface area contributed by atoms with Crippen LogP contribution in [0.15, 0.2) is 24.5 Å². The molecule has 3 rings (SSSR count). The van der Waals surface area contributed by atoms with Gasteiger partial charge in [-0.25, -0.2) is 9.97 Å². The molecule has 2 aromatic heterocycles. The SMILES string of the molecule is Nc1ncnc2sc3ccc(C(=O)Cl)cc3c12. The molecule has 0 bridgehead atoms. The summed E-state index contributed by atoms with van der Waals surface area (Å²) in [5.41, 5.74) is 6.28. The average molecular weight is 264 g/mol. The Bertz CT molecular complexity index is 753. The third-order valence-electron chi connectivity index (χ3n) is 2.52. The number of carbonyl (C=O) groups is 1. The van der Waals surface area contributed by atoms with Crippen LogP contribution in [-0.2, 0) is 0 Å². The molecule has 0 radical (unpaired) electrons. The van der Waals surface area contributed by atoms with Crippen LogP contribution in [0, 0.1) is 0 Å². The van der Waals surface area contributed by atoms with Crippen molar-refractivity contribution in [3.63, 3.8) is 0 Å². The summed E-state index contributed by atoms with van der Waals surface area (Å²) in [7, 11) is 0. The molecule has 1 aromatic carbocycles. The Morgan fingerprint density at radius 3 is 2.94 bits per heavy atom. The number of halogens is 1. The fourth-order valence-corrected chi connectivity index (χ4v) is 2.90. The van der Waals surface area contributed by atoms with Crippen molar-refractivity contribution in [3.05, 3.63) is 30.1 Å². The summed E-state index contributed by atoms with van der Waals surface area (Å²) in [4.78, 5) is 20.1. The van der Waals surface area contributed by atoms with Crippen LogP contribution in [0.4, 0.5) is 5.82 Å². The summed E-state index contributed by atoms with van der Waals surface area (Å²) in [5.74, 6) is 0.417. The number of nitrogen functional groups attached to an aromatic ring is 1. The Kier molecular flexibility index (Phi) is 2.24. The lowest BCUT2D eigenvalue weighted by Gasteiger charge is -1.96. The van der Waals surface area contributed by atoms with Gasteiger partial charge in [0.25, 0.3) is 5.24 Å². The van der Waals surface area contributed by atoms with Crippen molar-refractivity contribution in [1.82, 2.24) is 9.97 Å². The first kappa shape index (κ1) is 10.4. The van der Waals surface area contributed by atoms with Crippen LogP contribution in [0.3, 0.4) is 0 Å². The Balaban J connectivity index is 2.48. The smallest absolute Gasteiger partial charge is 0.252 e. The summed E-state index contributed by atoms with van der Waals surface area (Å²) < 4.78 is 1.01. The molecule has 4 nitrogen and oxygen atoms in total. The Labute approximate surface area is 105 Å². The topological polar surface area (TPSA) is 68.9 Å². The number of fused-ring (bicyclic) bond motifs is 3. The van der Waals surface area contributed by atoms with E-state index < -0.39 is 5.24 Å². The van der Waals surface area contributed by atoms with Crippen LogP contribution in [-0.4, -0.2) is 15.2 Å². The molecule has 2 heterocycles. The Morgan fingerprint density at radius 2 is 2.18 bits per heavy atom. The fraction of sp³-hybridized carbons (Fsp3) is 0. The first-order valence-electron chi connectivity index (χ1n) is 4.79. The second-order valence-electron chi connectivity index (χ2n) is 3.53. The molecule has 0 atom stereocenters. The molecule has 2 N–H and O–H groups in total. The van der Waals surface area contributed by atoms with Gasteiger partial charge in [-0.3, -0.25) is 4.79 Å². The first-order valence-corrected chi connectivity index (χ1v) is 5.99. The standard InChI is InChI=1S/C11H6ClN3OS/c12-9(16)5-1-2-7-6(3-5)8-10(13)14-4-15-11(8)17-7/h1-4H,(H2,13,14,15). The molecule has 0 aliphatic carbocycles. The highest BCUT2D eigenvalue weighted by atomic mass is 35.5. The van der Waals surface area contributed by atoms with E-state index in [4.69, 9.17) is 17.3 Å². The summed E-state index contributed by atoms with van der Waals surface area (Å²) >= 11 is 6.97. The van der Waals surface area contributed by atoms with Gasteiger partial charge < -0.3 is 5.73 Å². The summed E-state index contributed by atoms with van der Waals surface area (Å²) in [5, 5.41) is 1.17. The maximum atomic E-state index is 11.1. The number of benzene rings is 1. The van der Waals surface area contributed by atoms with Gasteiger partial charge >= 0.3 is 0 Å². The number of hydrogen-bond donors (Lipinski definition) is 1. The number of thiophene rings is 1. The number of aromatic nitrogens is 2. The predicted molar refractivity (Wildman–Crippen MR) is 69.5 cm³/mol. The van der Waals surface area contributed by atoms with Gasteiger partial charge in [-0.15, -0.1) is 11.3 Å². The van der Waals surface area contributed by atoms with E-state index in [1.807, 2.05) is 6.07 Å². The zero-order valence-electron chi connectivity index (χ0n) is 8.48. The lowest BCUT2D eigenvalue weighted by atomic mass is 10.1. The molecule has 0 aliphatic rings. The molecule has 84 valence electrons. The van der Waals surface area contributed by atoms with E-state index >= 15 is 0 Å². The first-order chi connectivity index (χ1) is 8.16. The van der Waals surface area contributed by atoms with Gasteiger partial charge in [0.15, 0.2) is 0 Å². The number of hydrogen-bond acceptors (Lipinski definition) is 5. The van der Waals surface area contributed by atoms with Gasteiger partial charge in [0.2, 0.25) is 0 Å². The van der Waals surface area contributed by atoms with Crippen molar-refractivity contribution in [1.29, 1.82) is 0 Å². The van der Waals surface area contributed by atoms with Crippen LogP contribution in [0.2, 0.25) is 0 Å². The molecule has 0 saturated carbocycles. The number of anilines is 1. The van der Waals surface area contributed by atoms with Crippen molar-refractivity contribution in [2.75, 3.05) is 5.73 Å². The quantitative estimate of drug-likeness (QED) is 0.686. The zero-order valence-corrected chi connectivity index (χ0v) is 10.0. The van der Waals surface area contributed by atoms with Crippen LogP contribution in [0.25, 0.3) is 20.3 Å². The van der Waals surface area contributed by atoms with Gasteiger partial charge in [0.05, 0.1) is 5.39 Å². The van der Waals surface area contributed by atoms with Crippen molar-refractivity contribution >= 4 is 54.3 Å². The van der Waals surface area contributed by atoms with Crippen molar-refractivity contribution in [2.45, 2.75) is 0 Å². The molecular formula is C11H6ClN3OS. The minimum Gasteiger partial charge on any atom is -0.383 e. The van der Waals surface area contributed by atoms with Crippen molar-refractivity contribution in [3.8, 4) is 0 Å². The van der Waals surface area contributed by atoms with E-state index in [0.29, 0.717) is 11.4 Å². The number of nitrogens with two attached hydrogens (primary N) is 1. The van der Waals surface area contributed by atoms with E-state index in [0.717, 1.165) is 20.3 Å². The molecule has 0 saturated heterocycles. The van der Waals surface area contributed by atoms with Crippen LogP contribution in [0.1, 0.15) is 10.4 Å². The van der Waals surface area contributed by atoms with Gasteiger partial charge in [0.1, 0.15) is 17.0 Å². The van der Waals surface area contributed by atoms with E-state index in [-0.39, 0.29) is 0 Å². The van der Waals surface area contributed by atoms with Gasteiger partial charge in [-0.2, -0.15) is 0 Å².